The minimum absolute atomic E-state index is 0.324. The molecule has 1 aromatic heterocycles. The number of nitrogens with one attached hydrogen (secondary N) is 1. The molecule has 7 heteroatoms. The first kappa shape index (κ1) is 16.9. The van der Waals surface area contributed by atoms with Crippen LogP contribution in [0.1, 0.15) is 18.4 Å². The van der Waals surface area contributed by atoms with E-state index in [9.17, 15) is 8.42 Å². The summed E-state index contributed by atoms with van der Waals surface area (Å²) in [4.78, 5) is 10.9. The lowest BCUT2D eigenvalue weighted by molar-refractivity contribution is 0.400. The Morgan fingerprint density at radius 3 is 2.50 bits per heavy atom. The average molecular weight is 346 g/mol. The minimum atomic E-state index is -3.43. The Kier molecular flexibility index (Phi) is 5.11. The number of hydrogen-bond acceptors (Lipinski definition) is 5. The van der Waals surface area contributed by atoms with E-state index in [1.165, 1.54) is 0 Å². The van der Waals surface area contributed by atoms with Gasteiger partial charge in [0.05, 0.1) is 11.1 Å². The summed E-state index contributed by atoms with van der Waals surface area (Å²) in [7, 11) is -3.43. The highest BCUT2D eigenvalue weighted by Gasteiger charge is 2.22. The molecule has 128 valence electrons. The van der Waals surface area contributed by atoms with Crippen molar-refractivity contribution in [2.24, 2.45) is 5.92 Å². The Morgan fingerprint density at radius 1 is 1.17 bits per heavy atom. The summed E-state index contributed by atoms with van der Waals surface area (Å²) in [5.74, 6) is 1.23. The van der Waals surface area contributed by atoms with Crippen molar-refractivity contribution in [3.8, 4) is 0 Å². The Labute approximate surface area is 143 Å². The Bertz CT molecular complexity index is 755. The lowest BCUT2D eigenvalue weighted by Gasteiger charge is -2.32. The second-order valence-corrected chi connectivity index (χ2v) is 7.93. The van der Waals surface area contributed by atoms with Crippen LogP contribution in [0, 0.1) is 12.8 Å². The molecule has 6 nitrogen and oxygen atoms in total. The van der Waals surface area contributed by atoms with Gasteiger partial charge in [0.2, 0.25) is 10.0 Å². The van der Waals surface area contributed by atoms with E-state index in [2.05, 4.69) is 19.6 Å². The number of aryl methyl sites for hydroxylation is 1. The first-order valence-corrected chi connectivity index (χ1v) is 9.60. The number of sulfonamides is 1. The van der Waals surface area contributed by atoms with Gasteiger partial charge >= 0.3 is 0 Å². The fraction of sp³-hybridized carbons (Fsp3) is 0.412. The van der Waals surface area contributed by atoms with Gasteiger partial charge in [0, 0.05) is 32.0 Å². The Balaban J connectivity index is 1.52. The molecule has 2 heterocycles. The van der Waals surface area contributed by atoms with E-state index in [0.29, 0.717) is 17.4 Å². The molecule has 2 aromatic rings. The monoisotopic (exact) mass is 346 g/mol. The molecule has 0 amide bonds. The molecule has 0 atom stereocenters. The zero-order chi connectivity index (χ0) is 17.0. The van der Waals surface area contributed by atoms with Crippen LogP contribution in [0.3, 0.4) is 0 Å². The second kappa shape index (κ2) is 7.27. The first-order valence-electron chi connectivity index (χ1n) is 8.12. The third-order valence-corrected chi connectivity index (χ3v) is 5.82. The van der Waals surface area contributed by atoms with Crippen LogP contribution in [0.4, 0.5) is 5.82 Å². The fourth-order valence-corrected chi connectivity index (χ4v) is 3.97. The number of hydrogen-bond donors (Lipinski definition) is 1. The van der Waals surface area contributed by atoms with Crippen molar-refractivity contribution in [2.75, 3.05) is 24.5 Å². The Hall–Kier alpha value is -1.99. The molecule has 1 fully saturated rings. The highest BCUT2D eigenvalue weighted by atomic mass is 32.2. The van der Waals surface area contributed by atoms with Crippen LogP contribution in [0.25, 0.3) is 0 Å². The molecular formula is C17H22N4O2S. The van der Waals surface area contributed by atoms with Gasteiger partial charge in [-0.25, -0.2) is 18.1 Å². The topological polar surface area (TPSA) is 75.2 Å². The predicted octanol–water partition coefficient (Wildman–Crippen LogP) is 1.98. The molecule has 1 aromatic carbocycles. The van der Waals surface area contributed by atoms with Crippen LogP contribution >= 0.6 is 0 Å². The number of piperidine rings is 1. The van der Waals surface area contributed by atoms with Gasteiger partial charge in [0.15, 0.2) is 0 Å². The SMILES string of the molecule is Cc1ccc(S(=O)(=O)NCC2CCN(c3cnccn3)CC2)cc1. The maximum absolute atomic E-state index is 12.3. The molecule has 0 aliphatic carbocycles. The molecule has 0 saturated carbocycles. The van der Waals surface area contributed by atoms with Crippen molar-refractivity contribution in [3.05, 3.63) is 48.4 Å². The standard InChI is InChI=1S/C17H22N4O2S/c1-14-2-4-16(5-3-14)24(22,23)20-12-15-6-10-21(11-7-15)17-13-18-8-9-19-17/h2-5,8-9,13,15,20H,6-7,10-12H2,1H3. The quantitative estimate of drug-likeness (QED) is 0.896. The van der Waals surface area contributed by atoms with E-state index in [-0.39, 0.29) is 0 Å². The van der Waals surface area contributed by atoms with Gasteiger partial charge in [-0.15, -0.1) is 0 Å². The molecule has 0 unspecified atom stereocenters. The summed E-state index contributed by atoms with van der Waals surface area (Å²) in [6.45, 7) is 4.16. The molecule has 1 N–H and O–H groups in total. The van der Waals surface area contributed by atoms with Crippen molar-refractivity contribution < 1.29 is 8.42 Å². The van der Waals surface area contributed by atoms with Crippen molar-refractivity contribution in [1.29, 1.82) is 0 Å². The highest BCUT2D eigenvalue weighted by Crippen LogP contribution is 2.21. The van der Waals surface area contributed by atoms with Crippen LogP contribution in [0.15, 0.2) is 47.8 Å². The van der Waals surface area contributed by atoms with E-state index >= 15 is 0 Å². The summed E-state index contributed by atoms with van der Waals surface area (Å²) in [6, 6.07) is 6.92. The van der Waals surface area contributed by atoms with Crippen molar-refractivity contribution >= 4 is 15.8 Å². The van der Waals surface area contributed by atoms with Crippen LogP contribution in [-0.2, 0) is 10.0 Å². The summed E-state index contributed by atoms with van der Waals surface area (Å²) < 4.78 is 27.4. The normalized spacial score (nSPS) is 16.3. The zero-order valence-corrected chi connectivity index (χ0v) is 14.5. The third-order valence-electron chi connectivity index (χ3n) is 4.38. The number of anilines is 1. The molecular weight excluding hydrogens is 324 g/mol. The van der Waals surface area contributed by atoms with Gasteiger partial charge in [0.1, 0.15) is 5.82 Å². The Morgan fingerprint density at radius 2 is 1.88 bits per heavy atom. The molecule has 0 radical (unpaired) electrons. The van der Waals surface area contributed by atoms with Gasteiger partial charge in [-0.3, -0.25) is 4.98 Å². The van der Waals surface area contributed by atoms with Gasteiger partial charge in [-0.05, 0) is 37.8 Å². The third kappa shape index (κ3) is 4.10. The fourth-order valence-electron chi connectivity index (χ4n) is 2.85. The maximum Gasteiger partial charge on any atom is 0.240 e. The zero-order valence-electron chi connectivity index (χ0n) is 13.7. The molecule has 0 bridgehead atoms. The minimum Gasteiger partial charge on any atom is -0.355 e. The van der Waals surface area contributed by atoms with E-state index in [1.54, 1.807) is 30.7 Å². The summed E-state index contributed by atoms with van der Waals surface area (Å²) in [6.07, 6.45) is 6.99. The second-order valence-electron chi connectivity index (χ2n) is 6.16. The first-order chi connectivity index (χ1) is 11.5. The molecule has 1 aliphatic rings. The van der Waals surface area contributed by atoms with E-state index in [0.717, 1.165) is 37.3 Å². The largest absolute Gasteiger partial charge is 0.355 e. The summed E-state index contributed by atoms with van der Waals surface area (Å²) >= 11 is 0. The van der Waals surface area contributed by atoms with Gasteiger partial charge in [-0.1, -0.05) is 17.7 Å². The van der Waals surface area contributed by atoms with Crippen molar-refractivity contribution in [1.82, 2.24) is 14.7 Å². The highest BCUT2D eigenvalue weighted by molar-refractivity contribution is 7.89. The number of aromatic nitrogens is 2. The van der Waals surface area contributed by atoms with E-state index < -0.39 is 10.0 Å². The smallest absolute Gasteiger partial charge is 0.240 e. The summed E-state index contributed by atoms with van der Waals surface area (Å²) in [5, 5.41) is 0. The summed E-state index contributed by atoms with van der Waals surface area (Å²) in [5.41, 5.74) is 1.05. The van der Waals surface area contributed by atoms with Crippen molar-refractivity contribution in [2.45, 2.75) is 24.7 Å². The van der Waals surface area contributed by atoms with Gasteiger partial charge in [-0.2, -0.15) is 0 Å². The van der Waals surface area contributed by atoms with Crippen LogP contribution in [-0.4, -0.2) is 38.0 Å². The van der Waals surface area contributed by atoms with E-state index in [1.807, 2.05) is 19.1 Å². The van der Waals surface area contributed by atoms with Crippen molar-refractivity contribution in [3.63, 3.8) is 0 Å². The lowest BCUT2D eigenvalue weighted by atomic mass is 9.97. The molecule has 3 rings (SSSR count). The maximum atomic E-state index is 12.3. The number of benzene rings is 1. The van der Waals surface area contributed by atoms with E-state index in [4.69, 9.17) is 0 Å². The molecule has 1 saturated heterocycles. The van der Waals surface area contributed by atoms with Crippen LogP contribution in [0.5, 0.6) is 0 Å². The number of rotatable bonds is 5. The molecule has 24 heavy (non-hydrogen) atoms. The average Bonchev–Trinajstić information content (AvgIpc) is 2.62. The van der Waals surface area contributed by atoms with Gasteiger partial charge < -0.3 is 4.90 Å². The predicted molar refractivity (Wildman–Crippen MR) is 93.3 cm³/mol. The molecule has 0 spiro atoms. The van der Waals surface area contributed by atoms with Crippen LogP contribution < -0.4 is 9.62 Å². The van der Waals surface area contributed by atoms with Crippen LogP contribution in [0.2, 0.25) is 0 Å². The number of nitrogens with zero attached hydrogens (tertiary/aromatic N) is 3. The lowest BCUT2D eigenvalue weighted by Crippen LogP contribution is -2.39. The van der Waals surface area contributed by atoms with Gasteiger partial charge in [0.25, 0.3) is 0 Å². The molecule has 1 aliphatic heterocycles.